The molecular weight excluding hydrogens is 302 g/mol. The topological polar surface area (TPSA) is 73.5 Å². The van der Waals surface area contributed by atoms with Crippen molar-refractivity contribution in [2.45, 2.75) is 12.8 Å². The van der Waals surface area contributed by atoms with Gasteiger partial charge < -0.3 is 0 Å². The molecule has 1 spiro atoms. The van der Waals surface area contributed by atoms with Gasteiger partial charge in [-0.1, -0.05) is 24.3 Å². The predicted molar refractivity (Wildman–Crippen MR) is 85.4 cm³/mol. The normalized spacial score (nSPS) is 34.4. The van der Waals surface area contributed by atoms with Crippen LogP contribution in [0.15, 0.2) is 41.5 Å². The quantitative estimate of drug-likeness (QED) is 0.476. The molecule has 3 fully saturated rings. The van der Waals surface area contributed by atoms with E-state index < -0.39 is 0 Å². The largest absolute Gasteiger partial charge is 0.272 e. The summed E-state index contributed by atoms with van der Waals surface area (Å²) in [7, 11) is 0. The summed E-state index contributed by atoms with van der Waals surface area (Å²) in [4.78, 5) is 25.5. The van der Waals surface area contributed by atoms with Crippen molar-refractivity contribution in [1.82, 2.24) is 5.01 Å². The van der Waals surface area contributed by atoms with E-state index in [-0.39, 0.29) is 40.9 Å². The van der Waals surface area contributed by atoms with Crippen LogP contribution in [-0.4, -0.2) is 23.0 Å². The number of imide groups is 1. The van der Waals surface area contributed by atoms with Gasteiger partial charge in [0.25, 0.3) is 11.8 Å². The van der Waals surface area contributed by atoms with Gasteiger partial charge in [0.1, 0.15) is 0 Å². The number of hydrazone groups is 1. The van der Waals surface area contributed by atoms with E-state index in [0.717, 1.165) is 23.4 Å². The second kappa shape index (κ2) is 4.41. The molecule has 4 aliphatic rings. The van der Waals surface area contributed by atoms with Crippen LogP contribution in [0.4, 0.5) is 0 Å². The fourth-order valence-corrected chi connectivity index (χ4v) is 4.94. The molecule has 1 heterocycles. The maximum atomic E-state index is 12.7. The molecule has 2 amide bonds. The second-order valence-electron chi connectivity index (χ2n) is 7.19. The number of allylic oxidation sites excluding steroid dienone is 2. The van der Waals surface area contributed by atoms with Gasteiger partial charge in [-0.05, 0) is 47.8 Å². The molecule has 0 unspecified atom stereocenters. The van der Waals surface area contributed by atoms with Crippen LogP contribution in [0.3, 0.4) is 0 Å². The highest BCUT2D eigenvalue weighted by atomic mass is 16.2. The van der Waals surface area contributed by atoms with E-state index in [9.17, 15) is 9.59 Å². The molecule has 4 atom stereocenters. The summed E-state index contributed by atoms with van der Waals surface area (Å²) in [6, 6.07) is 8.92. The Labute approximate surface area is 139 Å². The molecule has 5 rings (SSSR count). The lowest BCUT2D eigenvalue weighted by molar-refractivity contribution is -0.141. The maximum absolute atomic E-state index is 12.7. The summed E-state index contributed by atoms with van der Waals surface area (Å²) in [5, 5.41) is 14.0. The molecule has 5 heteroatoms. The third-order valence-corrected chi connectivity index (χ3v) is 6.19. The first kappa shape index (κ1) is 13.7. The molecule has 0 aromatic heterocycles. The molecule has 1 aliphatic heterocycles. The smallest absolute Gasteiger partial charge is 0.254 e. The van der Waals surface area contributed by atoms with Crippen LogP contribution in [0.2, 0.25) is 0 Å². The summed E-state index contributed by atoms with van der Waals surface area (Å²) < 4.78 is 0. The fraction of sp³-hybridized carbons (Fsp3) is 0.368. The maximum Gasteiger partial charge on any atom is 0.254 e. The van der Waals surface area contributed by atoms with Crippen molar-refractivity contribution in [3.8, 4) is 6.07 Å². The van der Waals surface area contributed by atoms with Gasteiger partial charge >= 0.3 is 0 Å². The number of fused-ring (bicyclic) bond motifs is 3. The van der Waals surface area contributed by atoms with E-state index in [4.69, 9.17) is 5.26 Å². The highest BCUT2D eigenvalue weighted by Crippen LogP contribution is 2.73. The number of rotatable bonds is 2. The molecule has 3 aliphatic carbocycles. The Kier molecular flexibility index (Phi) is 2.52. The first-order valence-electron chi connectivity index (χ1n) is 8.26. The van der Waals surface area contributed by atoms with E-state index in [1.807, 2.05) is 0 Å². The number of carbonyl (C=O) groups is 2. The molecule has 1 saturated heterocycles. The number of benzene rings is 1. The van der Waals surface area contributed by atoms with Crippen molar-refractivity contribution in [2.24, 2.45) is 34.2 Å². The standard InChI is InChI=1S/C19H15N3O2/c20-9-11-1-3-12(4-2-11)10-21-22-17(23)15-13-5-6-14(16(15)18(22)24)19(13)7-8-19/h1-6,10,13-16H,7-8H2/b21-10-/t13-,14+,15-,16+. The van der Waals surface area contributed by atoms with Gasteiger partial charge in [-0.25, -0.2) is 0 Å². The minimum atomic E-state index is -0.215. The van der Waals surface area contributed by atoms with Gasteiger partial charge in [-0.3, -0.25) is 9.59 Å². The predicted octanol–water partition coefficient (Wildman–Crippen LogP) is 2.09. The van der Waals surface area contributed by atoms with Crippen molar-refractivity contribution >= 4 is 18.0 Å². The van der Waals surface area contributed by atoms with E-state index in [1.54, 1.807) is 24.3 Å². The highest BCUT2D eigenvalue weighted by Gasteiger charge is 2.73. The molecule has 2 bridgehead atoms. The molecule has 2 saturated carbocycles. The van der Waals surface area contributed by atoms with Crippen LogP contribution in [0.1, 0.15) is 24.0 Å². The average molecular weight is 317 g/mol. The molecule has 118 valence electrons. The first-order chi connectivity index (χ1) is 11.7. The minimum absolute atomic E-state index is 0.155. The minimum Gasteiger partial charge on any atom is -0.272 e. The summed E-state index contributed by atoms with van der Waals surface area (Å²) in [6.45, 7) is 0. The lowest BCUT2D eigenvalue weighted by Gasteiger charge is -2.18. The van der Waals surface area contributed by atoms with E-state index >= 15 is 0 Å². The number of nitrogens with zero attached hydrogens (tertiary/aromatic N) is 3. The Morgan fingerprint density at radius 3 is 2.17 bits per heavy atom. The number of hydrogen-bond acceptors (Lipinski definition) is 4. The summed E-state index contributed by atoms with van der Waals surface area (Å²) in [5.74, 6) is -0.296. The summed E-state index contributed by atoms with van der Waals surface area (Å²) in [5.41, 5.74) is 1.53. The van der Waals surface area contributed by atoms with Crippen molar-refractivity contribution in [2.75, 3.05) is 0 Å². The van der Waals surface area contributed by atoms with E-state index in [2.05, 4.69) is 23.3 Å². The van der Waals surface area contributed by atoms with E-state index in [0.29, 0.717) is 5.56 Å². The number of nitriles is 1. The summed E-state index contributed by atoms with van der Waals surface area (Å²) in [6.07, 6.45) is 8.09. The third kappa shape index (κ3) is 1.56. The third-order valence-electron chi connectivity index (χ3n) is 6.19. The first-order valence-corrected chi connectivity index (χ1v) is 8.26. The number of carbonyl (C=O) groups excluding carboxylic acids is 2. The Morgan fingerprint density at radius 2 is 1.67 bits per heavy atom. The zero-order chi connectivity index (χ0) is 16.5. The Balaban J connectivity index is 1.41. The Hall–Kier alpha value is -2.74. The molecule has 5 nitrogen and oxygen atoms in total. The van der Waals surface area contributed by atoms with E-state index in [1.165, 1.54) is 6.21 Å². The van der Waals surface area contributed by atoms with Crippen molar-refractivity contribution < 1.29 is 9.59 Å². The number of amides is 2. The lowest BCUT2D eigenvalue weighted by Crippen LogP contribution is -2.30. The Bertz CT molecular complexity index is 824. The zero-order valence-electron chi connectivity index (χ0n) is 12.9. The second-order valence-corrected chi connectivity index (χ2v) is 7.19. The van der Waals surface area contributed by atoms with Gasteiger partial charge in [-0.2, -0.15) is 15.4 Å². The molecule has 1 aromatic rings. The van der Waals surface area contributed by atoms with Gasteiger partial charge in [-0.15, -0.1) is 0 Å². The van der Waals surface area contributed by atoms with Crippen molar-refractivity contribution in [1.29, 1.82) is 5.26 Å². The summed E-state index contributed by atoms with van der Waals surface area (Å²) >= 11 is 0. The van der Waals surface area contributed by atoms with Crippen molar-refractivity contribution in [3.63, 3.8) is 0 Å². The average Bonchev–Trinajstić information content (AvgIpc) is 3.21. The van der Waals surface area contributed by atoms with Crippen LogP contribution >= 0.6 is 0 Å². The van der Waals surface area contributed by atoms with Crippen LogP contribution in [0.25, 0.3) is 0 Å². The van der Waals surface area contributed by atoms with Gasteiger partial charge in [0.15, 0.2) is 0 Å². The molecule has 24 heavy (non-hydrogen) atoms. The molecule has 0 radical (unpaired) electrons. The van der Waals surface area contributed by atoms with Crippen LogP contribution in [0.5, 0.6) is 0 Å². The number of hydrogen-bond donors (Lipinski definition) is 0. The lowest BCUT2D eigenvalue weighted by atomic mass is 9.85. The van der Waals surface area contributed by atoms with Crippen molar-refractivity contribution in [3.05, 3.63) is 47.5 Å². The van der Waals surface area contributed by atoms with Crippen LogP contribution in [0, 0.1) is 40.4 Å². The van der Waals surface area contributed by atoms with Crippen LogP contribution in [-0.2, 0) is 9.59 Å². The molecule has 1 aromatic carbocycles. The fourth-order valence-electron chi connectivity index (χ4n) is 4.94. The van der Waals surface area contributed by atoms with Gasteiger partial charge in [0.2, 0.25) is 0 Å². The molecule has 0 N–H and O–H groups in total. The zero-order valence-corrected chi connectivity index (χ0v) is 12.9. The van der Waals surface area contributed by atoms with Gasteiger partial charge in [0, 0.05) is 0 Å². The SMILES string of the molecule is N#Cc1ccc(/C=N\N2C(=O)[C@@H]3[C@H](C2=O)[C@H]2C=C[C@@H]3C23CC3)cc1. The van der Waals surface area contributed by atoms with Crippen LogP contribution < -0.4 is 0 Å². The monoisotopic (exact) mass is 317 g/mol. The Morgan fingerprint density at radius 1 is 1.08 bits per heavy atom. The highest BCUT2D eigenvalue weighted by molar-refractivity contribution is 6.07. The van der Waals surface area contributed by atoms with Gasteiger partial charge in [0.05, 0.1) is 29.7 Å². The molecular formula is C19H15N3O2.